The smallest absolute Gasteiger partial charge is 0.294 e. The number of nitrogens with zero attached hydrogens (tertiary/aromatic N) is 1. The van der Waals surface area contributed by atoms with Gasteiger partial charge in [-0.25, -0.2) is 0 Å². The number of carbonyl (C=O) groups is 1. The van der Waals surface area contributed by atoms with Crippen molar-refractivity contribution in [2.24, 2.45) is 5.84 Å². The Labute approximate surface area is 111 Å². The molecule has 0 atom stereocenters. The fourth-order valence-corrected chi connectivity index (χ4v) is 1.50. The van der Waals surface area contributed by atoms with E-state index in [4.69, 9.17) is 5.84 Å². The Bertz CT molecular complexity index is 500. The Morgan fingerprint density at radius 3 is 2.58 bits per heavy atom. The first kappa shape index (κ1) is 14.9. The van der Waals surface area contributed by atoms with Crippen LogP contribution >= 0.6 is 0 Å². The third-order valence-corrected chi connectivity index (χ3v) is 2.96. The van der Waals surface area contributed by atoms with Crippen molar-refractivity contribution < 1.29 is 9.72 Å². The van der Waals surface area contributed by atoms with Crippen molar-refractivity contribution in [2.75, 3.05) is 5.43 Å². The number of nitrogens with one attached hydrogen (secondary N) is 2. The monoisotopic (exact) mass is 266 g/mol. The number of hydrazine groups is 1. The molecule has 1 aromatic carbocycles. The van der Waals surface area contributed by atoms with Crippen LogP contribution in [0.1, 0.15) is 37.6 Å². The molecule has 0 fully saturated rings. The molecule has 0 aliphatic carbocycles. The minimum atomic E-state index is -0.586. The molecule has 0 aromatic heterocycles. The van der Waals surface area contributed by atoms with E-state index in [1.54, 1.807) is 0 Å². The van der Waals surface area contributed by atoms with E-state index in [1.807, 2.05) is 20.8 Å². The van der Waals surface area contributed by atoms with Gasteiger partial charge in [0.1, 0.15) is 5.69 Å². The molecule has 0 aliphatic rings. The zero-order valence-electron chi connectivity index (χ0n) is 11.2. The third kappa shape index (κ3) is 3.41. The average molecular weight is 266 g/mol. The zero-order valence-corrected chi connectivity index (χ0v) is 11.2. The van der Waals surface area contributed by atoms with Gasteiger partial charge in [-0.15, -0.1) is 0 Å². The summed E-state index contributed by atoms with van der Waals surface area (Å²) in [6.45, 7) is 5.69. The standard InChI is InChI=1S/C12H18N4O3/c1-4-12(2,3)14-11(17)8-6-5-7-9(16(18)19)10(8)15-13/h5-7,15H,4,13H2,1-3H3,(H,14,17). The number of benzene rings is 1. The maximum atomic E-state index is 12.1. The molecule has 1 amide bonds. The fourth-order valence-electron chi connectivity index (χ4n) is 1.50. The molecule has 0 spiro atoms. The van der Waals surface area contributed by atoms with E-state index in [-0.39, 0.29) is 16.9 Å². The molecule has 4 N–H and O–H groups in total. The quantitative estimate of drug-likeness (QED) is 0.427. The van der Waals surface area contributed by atoms with Crippen LogP contribution in [0.3, 0.4) is 0 Å². The molecule has 0 radical (unpaired) electrons. The van der Waals surface area contributed by atoms with Crippen LogP contribution < -0.4 is 16.6 Å². The SMILES string of the molecule is CCC(C)(C)NC(=O)c1cccc([N+](=O)[O-])c1NN. The van der Waals surface area contributed by atoms with E-state index in [0.29, 0.717) is 0 Å². The van der Waals surface area contributed by atoms with Crippen LogP contribution in [0.25, 0.3) is 0 Å². The van der Waals surface area contributed by atoms with E-state index >= 15 is 0 Å². The van der Waals surface area contributed by atoms with Crippen molar-refractivity contribution in [3.05, 3.63) is 33.9 Å². The molecular formula is C12H18N4O3. The number of carbonyl (C=O) groups excluding carboxylic acids is 1. The molecule has 0 saturated heterocycles. The Kier molecular flexibility index (Phi) is 4.44. The summed E-state index contributed by atoms with van der Waals surface area (Å²) in [5.74, 6) is 4.89. The van der Waals surface area contributed by atoms with Gasteiger partial charge in [0.05, 0.1) is 10.5 Å². The number of amides is 1. The number of rotatable bonds is 5. The second-order valence-corrected chi connectivity index (χ2v) is 4.79. The first-order valence-corrected chi connectivity index (χ1v) is 5.89. The molecule has 19 heavy (non-hydrogen) atoms. The van der Waals surface area contributed by atoms with E-state index < -0.39 is 16.4 Å². The lowest BCUT2D eigenvalue weighted by molar-refractivity contribution is -0.384. The van der Waals surface area contributed by atoms with Crippen LogP contribution in [0.4, 0.5) is 11.4 Å². The number of anilines is 1. The third-order valence-electron chi connectivity index (χ3n) is 2.96. The Morgan fingerprint density at radius 2 is 2.11 bits per heavy atom. The average Bonchev–Trinajstić information content (AvgIpc) is 2.37. The topological polar surface area (TPSA) is 110 Å². The van der Waals surface area contributed by atoms with Gasteiger partial charge in [0.25, 0.3) is 11.6 Å². The summed E-state index contributed by atoms with van der Waals surface area (Å²) in [4.78, 5) is 22.4. The number of nitro groups is 1. The summed E-state index contributed by atoms with van der Waals surface area (Å²) in [5, 5.41) is 13.7. The Morgan fingerprint density at radius 1 is 1.47 bits per heavy atom. The van der Waals surface area contributed by atoms with Crippen LogP contribution in [-0.2, 0) is 0 Å². The molecule has 1 rings (SSSR count). The molecule has 0 aliphatic heterocycles. The van der Waals surface area contributed by atoms with Crippen molar-refractivity contribution in [2.45, 2.75) is 32.7 Å². The minimum absolute atomic E-state index is 0.0110. The lowest BCUT2D eigenvalue weighted by Gasteiger charge is -2.25. The lowest BCUT2D eigenvalue weighted by Crippen LogP contribution is -2.43. The van der Waals surface area contributed by atoms with Gasteiger partial charge in [-0.3, -0.25) is 20.8 Å². The van der Waals surface area contributed by atoms with E-state index in [2.05, 4.69) is 10.7 Å². The number of para-hydroxylation sites is 1. The molecule has 0 unspecified atom stereocenters. The van der Waals surface area contributed by atoms with Crippen LogP contribution in [0.2, 0.25) is 0 Å². The number of nitrogens with two attached hydrogens (primary N) is 1. The van der Waals surface area contributed by atoms with Gasteiger partial charge in [0, 0.05) is 11.6 Å². The van der Waals surface area contributed by atoms with Crippen LogP contribution in [0.15, 0.2) is 18.2 Å². The second-order valence-electron chi connectivity index (χ2n) is 4.79. The maximum absolute atomic E-state index is 12.1. The summed E-state index contributed by atoms with van der Waals surface area (Å²) in [5.41, 5.74) is 1.76. The number of hydrogen-bond donors (Lipinski definition) is 3. The van der Waals surface area contributed by atoms with Crippen LogP contribution in [0.5, 0.6) is 0 Å². The predicted octanol–water partition coefficient (Wildman–Crippen LogP) is 1.80. The maximum Gasteiger partial charge on any atom is 0.294 e. The largest absolute Gasteiger partial charge is 0.347 e. The molecule has 1 aromatic rings. The number of nitrogen functional groups attached to an aromatic ring is 1. The van der Waals surface area contributed by atoms with Crippen LogP contribution in [0, 0.1) is 10.1 Å². The highest BCUT2D eigenvalue weighted by Gasteiger charge is 2.24. The first-order chi connectivity index (χ1) is 8.82. The van der Waals surface area contributed by atoms with Gasteiger partial charge in [0.15, 0.2) is 0 Å². The van der Waals surface area contributed by atoms with Crippen molar-refractivity contribution in [1.29, 1.82) is 0 Å². The highest BCUT2D eigenvalue weighted by Crippen LogP contribution is 2.27. The zero-order chi connectivity index (χ0) is 14.6. The van der Waals surface area contributed by atoms with Crippen molar-refractivity contribution in [1.82, 2.24) is 5.32 Å². The van der Waals surface area contributed by atoms with Crippen molar-refractivity contribution in [3.8, 4) is 0 Å². The Hall–Kier alpha value is -2.15. The van der Waals surface area contributed by atoms with Gasteiger partial charge in [0.2, 0.25) is 0 Å². The van der Waals surface area contributed by atoms with Gasteiger partial charge in [-0.2, -0.15) is 0 Å². The fraction of sp³-hybridized carbons (Fsp3) is 0.417. The molecule has 0 saturated carbocycles. The van der Waals surface area contributed by atoms with Crippen molar-refractivity contribution in [3.63, 3.8) is 0 Å². The predicted molar refractivity (Wildman–Crippen MR) is 72.7 cm³/mol. The lowest BCUT2D eigenvalue weighted by atomic mass is 10.0. The summed E-state index contributed by atoms with van der Waals surface area (Å²) in [6, 6.07) is 4.23. The molecule has 0 heterocycles. The Balaban J connectivity index is 3.17. The molecular weight excluding hydrogens is 248 g/mol. The molecule has 7 heteroatoms. The van der Waals surface area contributed by atoms with E-state index in [1.165, 1.54) is 18.2 Å². The summed E-state index contributed by atoms with van der Waals surface area (Å²) in [7, 11) is 0. The number of nitro benzene ring substituents is 1. The van der Waals surface area contributed by atoms with Crippen LogP contribution in [-0.4, -0.2) is 16.4 Å². The summed E-state index contributed by atoms with van der Waals surface area (Å²) >= 11 is 0. The highest BCUT2D eigenvalue weighted by molar-refractivity contribution is 6.01. The second kappa shape index (κ2) is 5.66. The molecule has 104 valence electrons. The van der Waals surface area contributed by atoms with Crippen molar-refractivity contribution >= 4 is 17.3 Å². The highest BCUT2D eigenvalue weighted by atomic mass is 16.6. The van der Waals surface area contributed by atoms with Gasteiger partial charge in [-0.1, -0.05) is 13.0 Å². The normalized spacial score (nSPS) is 10.9. The molecule has 0 bridgehead atoms. The van der Waals surface area contributed by atoms with E-state index in [9.17, 15) is 14.9 Å². The summed E-state index contributed by atoms with van der Waals surface area (Å²) < 4.78 is 0. The van der Waals surface area contributed by atoms with Gasteiger partial charge < -0.3 is 10.7 Å². The first-order valence-electron chi connectivity index (χ1n) is 5.89. The van der Waals surface area contributed by atoms with Gasteiger partial charge in [-0.05, 0) is 26.3 Å². The minimum Gasteiger partial charge on any atom is -0.347 e. The number of hydrogen-bond acceptors (Lipinski definition) is 5. The summed E-state index contributed by atoms with van der Waals surface area (Å²) in [6.07, 6.45) is 0.735. The van der Waals surface area contributed by atoms with Gasteiger partial charge >= 0.3 is 0 Å². The molecule has 7 nitrogen and oxygen atoms in total. The van der Waals surface area contributed by atoms with E-state index in [0.717, 1.165) is 6.42 Å².